The van der Waals surface area contributed by atoms with Crippen LogP contribution in [-0.4, -0.2) is 37.0 Å². The molecule has 0 saturated carbocycles. The van der Waals surface area contributed by atoms with Crippen LogP contribution >= 0.6 is 0 Å². The van der Waals surface area contributed by atoms with Crippen molar-refractivity contribution in [2.45, 2.75) is 32.7 Å². The first kappa shape index (κ1) is 21.5. The molecule has 5 heteroatoms. The van der Waals surface area contributed by atoms with Crippen LogP contribution in [0, 0.1) is 5.92 Å². The summed E-state index contributed by atoms with van der Waals surface area (Å²) in [6.45, 7) is 5.76. The largest absolute Gasteiger partial charge is 0.341 e. The molecule has 2 aromatic rings. The Kier molecular flexibility index (Phi) is 8.53. The molecule has 0 aliphatic rings. The highest BCUT2D eigenvalue weighted by Crippen LogP contribution is 2.23. The van der Waals surface area contributed by atoms with Gasteiger partial charge in [0.2, 0.25) is 5.91 Å². The molecule has 0 heterocycles. The predicted octanol–water partition coefficient (Wildman–Crippen LogP) is 3.77. The average molecular weight is 382 g/mol. The number of amides is 3. The van der Waals surface area contributed by atoms with Gasteiger partial charge in [0, 0.05) is 39.0 Å². The molecular formula is C23H31N3O2. The molecule has 0 aromatic heterocycles. The molecule has 0 radical (unpaired) electrons. The van der Waals surface area contributed by atoms with Crippen molar-refractivity contribution in [3.8, 4) is 0 Å². The molecule has 2 rings (SSSR count). The fraction of sp³-hybridized carbons (Fsp3) is 0.391. The lowest BCUT2D eigenvalue weighted by Crippen LogP contribution is -2.40. The molecule has 0 saturated heterocycles. The number of urea groups is 1. The Hall–Kier alpha value is -2.82. The van der Waals surface area contributed by atoms with E-state index in [0.717, 1.165) is 5.56 Å². The Morgan fingerprint density at radius 1 is 0.929 bits per heavy atom. The summed E-state index contributed by atoms with van der Waals surface area (Å²) in [6, 6.07) is 19.8. The molecule has 2 aromatic carbocycles. The Morgan fingerprint density at radius 3 is 2.14 bits per heavy atom. The number of benzene rings is 2. The Labute approximate surface area is 168 Å². The number of hydrogen-bond donors (Lipinski definition) is 2. The number of carbonyl (C=O) groups is 2. The SMILES string of the molecule is CC(C)C(CNC(=O)NCCC(=O)N(C)Cc1ccccc1)c1ccccc1. The van der Waals surface area contributed by atoms with E-state index in [9.17, 15) is 9.59 Å². The van der Waals surface area contributed by atoms with Crippen molar-refractivity contribution in [3.63, 3.8) is 0 Å². The van der Waals surface area contributed by atoms with Crippen LogP contribution in [0.1, 0.15) is 37.3 Å². The minimum Gasteiger partial charge on any atom is -0.341 e. The third kappa shape index (κ3) is 7.06. The summed E-state index contributed by atoms with van der Waals surface area (Å²) in [6.07, 6.45) is 0.281. The van der Waals surface area contributed by atoms with Gasteiger partial charge in [0.15, 0.2) is 0 Å². The van der Waals surface area contributed by atoms with E-state index >= 15 is 0 Å². The van der Waals surface area contributed by atoms with Gasteiger partial charge in [0.05, 0.1) is 0 Å². The summed E-state index contributed by atoms with van der Waals surface area (Å²) in [5.74, 6) is 0.676. The van der Waals surface area contributed by atoms with E-state index in [2.05, 4.69) is 36.6 Å². The molecule has 1 unspecified atom stereocenters. The van der Waals surface area contributed by atoms with Gasteiger partial charge in [0.25, 0.3) is 0 Å². The van der Waals surface area contributed by atoms with Gasteiger partial charge in [0.1, 0.15) is 0 Å². The van der Waals surface area contributed by atoms with Crippen molar-refractivity contribution in [2.24, 2.45) is 5.92 Å². The summed E-state index contributed by atoms with van der Waals surface area (Å²) < 4.78 is 0. The minimum atomic E-state index is -0.236. The summed E-state index contributed by atoms with van der Waals surface area (Å²) in [4.78, 5) is 26.0. The first-order chi connectivity index (χ1) is 13.5. The topological polar surface area (TPSA) is 61.4 Å². The molecule has 5 nitrogen and oxygen atoms in total. The van der Waals surface area contributed by atoms with Gasteiger partial charge in [-0.3, -0.25) is 4.79 Å². The highest BCUT2D eigenvalue weighted by Gasteiger charge is 2.16. The molecule has 0 spiro atoms. The van der Waals surface area contributed by atoms with E-state index in [0.29, 0.717) is 25.6 Å². The Balaban J connectivity index is 1.71. The molecule has 28 heavy (non-hydrogen) atoms. The van der Waals surface area contributed by atoms with Gasteiger partial charge in [-0.1, -0.05) is 74.5 Å². The summed E-state index contributed by atoms with van der Waals surface area (Å²) in [5, 5.41) is 5.71. The standard InChI is InChI=1S/C23H31N3O2/c1-18(2)21(20-12-8-5-9-13-20)16-25-23(28)24-15-14-22(27)26(3)17-19-10-6-4-7-11-19/h4-13,18,21H,14-17H2,1-3H3,(H2,24,25,28). The number of nitrogens with zero attached hydrogens (tertiary/aromatic N) is 1. The van der Waals surface area contributed by atoms with E-state index in [1.54, 1.807) is 11.9 Å². The van der Waals surface area contributed by atoms with Gasteiger partial charge in [-0.15, -0.1) is 0 Å². The Morgan fingerprint density at radius 2 is 1.54 bits per heavy atom. The van der Waals surface area contributed by atoms with Crippen molar-refractivity contribution < 1.29 is 9.59 Å². The quantitative estimate of drug-likeness (QED) is 0.694. The van der Waals surface area contributed by atoms with E-state index in [-0.39, 0.29) is 24.3 Å². The third-order valence-electron chi connectivity index (χ3n) is 4.83. The maximum Gasteiger partial charge on any atom is 0.314 e. The lowest BCUT2D eigenvalue weighted by molar-refractivity contribution is -0.130. The van der Waals surface area contributed by atoms with E-state index in [4.69, 9.17) is 0 Å². The van der Waals surface area contributed by atoms with Gasteiger partial charge in [-0.05, 0) is 17.0 Å². The first-order valence-corrected chi connectivity index (χ1v) is 9.82. The molecule has 1 atom stereocenters. The van der Waals surface area contributed by atoms with Gasteiger partial charge in [-0.2, -0.15) is 0 Å². The predicted molar refractivity (Wildman–Crippen MR) is 113 cm³/mol. The molecular weight excluding hydrogens is 350 g/mol. The molecule has 0 aliphatic heterocycles. The molecule has 2 N–H and O–H groups in total. The molecule has 150 valence electrons. The van der Waals surface area contributed by atoms with Gasteiger partial charge in [-0.25, -0.2) is 4.79 Å². The average Bonchev–Trinajstić information content (AvgIpc) is 2.69. The lowest BCUT2D eigenvalue weighted by atomic mass is 9.88. The highest BCUT2D eigenvalue weighted by molar-refractivity contribution is 5.78. The van der Waals surface area contributed by atoms with Crippen LogP contribution in [-0.2, 0) is 11.3 Å². The van der Waals surface area contributed by atoms with Crippen molar-refractivity contribution in [1.82, 2.24) is 15.5 Å². The molecule has 3 amide bonds. The second kappa shape index (κ2) is 11.1. The van der Waals surface area contributed by atoms with Crippen molar-refractivity contribution in [1.29, 1.82) is 0 Å². The Bertz CT molecular complexity index is 732. The number of carbonyl (C=O) groups excluding carboxylic acids is 2. The van der Waals surface area contributed by atoms with Crippen LogP contribution in [0.4, 0.5) is 4.79 Å². The van der Waals surface area contributed by atoms with Crippen molar-refractivity contribution >= 4 is 11.9 Å². The summed E-state index contributed by atoms with van der Waals surface area (Å²) >= 11 is 0. The summed E-state index contributed by atoms with van der Waals surface area (Å²) in [7, 11) is 1.78. The number of rotatable bonds is 9. The normalized spacial score (nSPS) is 11.7. The second-order valence-electron chi connectivity index (χ2n) is 7.38. The number of nitrogens with one attached hydrogen (secondary N) is 2. The summed E-state index contributed by atoms with van der Waals surface area (Å²) in [5.41, 5.74) is 2.31. The molecule has 0 bridgehead atoms. The zero-order valence-corrected chi connectivity index (χ0v) is 17.0. The monoisotopic (exact) mass is 381 g/mol. The van der Waals surface area contributed by atoms with Crippen LogP contribution < -0.4 is 10.6 Å². The van der Waals surface area contributed by atoms with E-state index in [1.165, 1.54) is 5.56 Å². The van der Waals surface area contributed by atoms with Gasteiger partial charge < -0.3 is 15.5 Å². The zero-order valence-electron chi connectivity index (χ0n) is 17.0. The van der Waals surface area contributed by atoms with Crippen molar-refractivity contribution in [3.05, 3.63) is 71.8 Å². The van der Waals surface area contributed by atoms with Crippen LogP contribution in [0.3, 0.4) is 0 Å². The smallest absolute Gasteiger partial charge is 0.314 e. The highest BCUT2D eigenvalue weighted by atomic mass is 16.2. The minimum absolute atomic E-state index is 0.00787. The van der Waals surface area contributed by atoms with Crippen molar-refractivity contribution in [2.75, 3.05) is 20.1 Å². The first-order valence-electron chi connectivity index (χ1n) is 9.82. The lowest BCUT2D eigenvalue weighted by Gasteiger charge is -2.22. The fourth-order valence-electron chi connectivity index (χ4n) is 3.12. The maximum absolute atomic E-state index is 12.2. The second-order valence-corrected chi connectivity index (χ2v) is 7.38. The molecule has 0 aliphatic carbocycles. The third-order valence-corrected chi connectivity index (χ3v) is 4.83. The van der Waals surface area contributed by atoms with Gasteiger partial charge >= 0.3 is 6.03 Å². The molecule has 0 fully saturated rings. The van der Waals surface area contributed by atoms with Crippen LogP contribution in [0.5, 0.6) is 0 Å². The number of hydrogen-bond acceptors (Lipinski definition) is 2. The van der Waals surface area contributed by atoms with Crippen LogP contribution in [0.25, 0.3) is 0 Å². The zero-order chi connectivity index (χ0) is 20.4. The van der Waals surface area contributed by atoms with Crippen LogP contribution in [0.15, 0.2) is 60.7 Å². The fourth-order valence-corrected chi connectivity index (χ4v) is 3.12. The van der Waals surface area contributed by atoms with Crippen LogP contribution in [0.2, 0.25) is 0 Å². The van der Waals surface area contributed by atoms with E-state index < -0.39 is 0 Å². The van der Waals surface area contributed by atoms with E-state index in [1.807, 2.05) is 48.5 Å². The maximum atomic E-state index is 12.2.